The Morgan fingerprint density at radius 3 is 2.31 bits per heavy atom. The Labute approximate surface area is 105 Å². The average molecular weight is 261 g/mol. The van der Waals surface area contributed by atoms with Crippen molar-refractivity contribution in [2.24, 2.45) is 0 Å². The Kier molecular flexibility index (Phi) is 11.4. The molecule has 0 aliphatic rings. The maximum absolute atomic E-state index is 8.76. The van der Waals surface area contributed by atoms with Gasteiger partial charge in [0.05, 0.1) is 0 Å². The van der Waals surface area contributed by atoms with Crippen LogP contribution in [-0.2, 0) is 8.85 Å². The van der Waals surface area contributed by atoms with Gasteiger partial charge in [0.15, 0.2) is 0 Å². The molecule has 0 saturated carbocycles. The molecule has 0 aromatic rings. The van der Waals surface area contributed by atoms with Crippen LogP contribution in [0.3, 0.4) is 0 Å². The molecule has 0 saturated heterocycles. The van der Waals surface area contributed by atoms with Crippen LogP contribution in [0.5, 0.6) is 0 Å². The van der Waals surface area contributed by atoms with Crippen molar-refractivity contribution in [3.8, 4) is 5.40 Å². The zero-order valence-electron chi connectivity index (χ0n) is 10.6. The Bertz CT molecular complexity index is 193. The average Bonchev–Trinajstić information content (AvgIpc) is 2.27. The maximum atomic E-state index is 8.76. The van der Waals surface area contributed by atoms with Crippen molar-refractivity contribution < 1.29 is 8.85 Å². The van der Waals surface area contributed by atoms with Crippen LogP contribution in [-0.4, -0.2) is 27.7 Å². The first-order valence-electron chi connectivity index (χ1n) is 6.06. The van der Waals surface area contributed by atoms with Gasteiger partial charge in [-0.05, 0) is 32.0 Å². The van der Waals surface area contributed by atoms with Gasteiger partial charge in [-0.3, -0.25) is 0 Å². The largest absolute Gasteiger partial charge is 0.397 e. The first kappa shape index (κ1) is 16.0. The Morgan fingerprint density at radius 2 is 1.88 bits per heavy atom. The van der Waals surface area contributed by atoms with Gasteiger partial charge in [-0.25, -0.2) is 0 Å². The van der Waals surface area contributed by atoms with Gasteiger partial charge in [-0.1, -0.05) is 19.8 Å². The molecule has 1 unspecified atom stereocenters. The van der Waals surface area contributed by atoms with Gasteiger partial charge in [0.25, 0.3) is 0 Å². The number of nitriles is 1. The molecule has 0 amide bonds. The molecular weight excluding hydrogens is 238 g/mol. The molecule has 16 heavy (non-hydrogen) atoms. The van der Waals surface area contributed by atoms with Crippen LogP contribution >= 0.6 is 11.8 Å². The van der Waals surface area contributed by atoms with Gasteiger partial charge in [0.1, 0.15) is 5.40 Å². The van der Waals surface area contributed by atoms with Crippen LogP contribution in [0.1, 0.15) is 40.0 Å². The summed E-state index contributed by atoms with van der Waals surface area (Å²) in [5, 5.41) is 11.3. The van der Waals surface area contributed by atoms with E-state index in [2.05, 4.69) is 12.3 Å². The minimum atomic E-state index is -1.54. The molecule has 0 heterocycles. The summed E-state index contributed by atoms with van der Waals surface area (Å²) in [7, 11) is -1.54. The minimum Gasteiger partial charge on any atom is -0.397 e. The molecule has 0 radical (unpaired) electrons. The van der Waals surface area contributed by atoms with Gasteiger partial charge in [-0.15, -0.1) is 0 Å². The zero-order valence-corrected chi connectivity index (χ0v) is 12.5. The van der Waals surface area contributed by atoms with Gasteiger partial charge < -0.3 is 8.85 Å². The van der Waals surface area contributed by atoms with Gasteiger partial charge in [0.2, 0.25) is 0 Å². The fourth-order valence-electron chi connectivity index (χ4n) is 1.50. The number of unbranched alkanes of at least 4 members (excludes halogenated alkanes) is 1. The van der Waals surface area contributed by atoms with Crippen LogP contribution in [0.2, 0.25) is 6.04 Å². The van der Waals surface area contributed by atoms with Gasteiger partial charge in [-0.2, -0.15) is 5.26 Å². The molecule has 94 valence electrons. The van der Waals surface area contributed by atoms with E-state index in [9.17, 15) is 0 Å². The molecule has 0 aliphatic heterocycles. The van der Waals surface area contributed by atoms with Crippen molar-refractivity contribution in [1.29, 1.82) is 5.26 Å². The third-order valence-corrected chi connectivity index (χ3v) is 5.83. The fourth-order valence-corrected chi connectivity index (χ4v) is 4.57. The van der Waals surface area contributed by atoms with E-state index in [1.54, 1.807) is 0 Å². The standard InChI is InChI=1S/C11H23NO2SSi/c1-4-7-8-11(15-10-12)9-16(13-5-2)14-6-3/h11,16H,4-9H2,1-3H3. The van der Waals surface area contributed by atoms with Gasteiger partial charge >= 0.3 is 9.28 Å². The third kappa shape index (κ3) is 8.17. The molecule has 0 bridgehead atoms. The lowest BCUT2D eigenvalue weighted by Crippen LogP contribution is -2.27. The fraction of sp³-hybridized carbons (Fsp3) is 0.909. The quantitative estimate of drug-likeness (QED) is 0.448. The zero-order chi connectivity index (χ0) is 12.2. The number of thiocyanates is 1. The Morgan fingerprint density at radius 1 is 1.25 bits per heavy atom. The van der Waals surface area contributed by atoms with Crippen molar-refractivity contribution >= 4 is 21.0 Å². The first-order chi connectivity index (χ1) is 7.78. The van der Waals surface area contributed by atoms with Crippen molar-refractivity contribution in [3.63, 3.8) is 0 Å². The Hall–Kier alpha value is -0.0231. The number of nitrogens with zero attached hydrogens (tertiary/aromatic N) is 1. The lowest BCUT2D eigenvalue weighted by Gasteiger charge is -2.19. The van der Waals surface area contributed by atoms with Gasteiger partial charge in [0, 0.05) is 24.5 Å². The molecule has 0 aromatic carbocycles. The molecular formula is C11H23NO2SSi. The van der Waals surface area contributed by atoms with Crippen LogP contribution in [0.15, 0.2) is 0 Å². The highest BCUT2D eigenvalue weighted by molar-refractivity contribution is 8.04. The number of thioether (sulfide) groups is 1. The second-order valence-corrected chi connectivity index (χ2v) is 6.63. The summed E-state index contributed by atoms with van der Waals surface area (Å²) < 4.78 is 11.3. The molecule has 0 fully saturated rings. The van der Waals surface area contributed by atoms with E-state index in [1.807, 2.05) is 13.8 Å². The van der Waals surface area contributed by atoms with Crippen molar-refractivity contribution in [2.45, 2.75) is 51.3 Å². The molecule has 1 atom stereocenters. The summed E-state index contributed by atoms with van der Waals surface area (Å²) in [6, 6.07) is 0.944. The van der Waals surface area contributed by atoms with Crippen molar-refractivity contribution in [1.82, 2.24) is 0 Å². The molecule has 0 aromatic heterocycles. The van der Waals surface area contributed by atoms with Crippen LogP contribution in [0.4, 0.5) is 0 Å². The predicted molar refractivity (Wildman–Crippen MR) is 71.7 cm³/mol. The monoisotopic (exact) mass is 261 g/mol. The summed E-state index contributed by atoms with van der Waals surface area (Å²) in [6.45, 7) is 7.60. The highest BCUT2D eigenvalue weighted by Gasteiger charge is 2.20. The molecule has 0 spiro atoms. The summed E-state index contributed by atoms with van der Waals surface area (Å²) in [5.74, 6) is 0. The lowest BCUT2D eigenvalue weighted by molar-refractivity contribution is 0.213. The summed E-state index contributed by atoms with van der Waals surface area (Å²) in [4.78, 5) is 0. The van der Waals surface area contributed by atoms with E-state index in [4.69, 9.17) is 14.1 Å². The highest BCUT2D eigenvalue weighted by Crippen LogP contribution is 2.22. The molecule has 0 aliphatic carbocycles. The van der Waals surface area contributed by atoms with E-state index < -0.39 is 9.28 Å². The van der Waals surface area contributed by atoms with Crippen molar-refractivity contribution in [3.05, 3.63) is 0 Å². The van der Waals surface area contributed by atoms with Crippen molar-refractivity contribution in [2.75, 3.05) is 13.2 Å². The van der Waals surface area contributed by atoms with E-state index in [0.29, 0.717) is 18.5 Å². The third-order valence-electron chi connectivity index (χ3n) is 2.26. The first-order valence-corrected chi connectivity index (χ1v) is 8.70. The maximum Gasteiger partial charge on any atom is 0.322 e. The second-order valence-electron chi connectivity index (χ2n) is 3.55. The number of hydrogen-bond acceptors (Lipinski definition) is 4. The molecule has 0 N–H and O–H groups in total. The van der Waals surface area contributed by atoms with Crippen LogP contribution in [0.25, 0.3) is 0 Å². The van der Waals surface area contributed by atoms with E-state index in [1.165, 1.54) is 24.6 Å². The highest BCUT2D eigenvalue weighted by atomic mass is 32.2. The summed E-state index contributed by atoms with van der Waals surface area (Å²) in [6.07, 6.45) is 3.45. The molecule has 0 rings (SSSR count). The summed E-state index contributed by atoms with van der Waals surface area (Å²) in [5.41, 5.74) is 0. The topological polar surface area (TPSA) is 42.2 Å². The molecule has 5 heteroatoms. The van der Waals surface area contributed by atoms with E-state index in [0.717, 1.165) is 12.5 Å². The normalized spacial score (nSPS) is 12.7. The minimum absolute atomic E-state index is 0.389. The summed E-state index contributed by atoms with van der Waals surface area (Å²) >= 11 is 1.38. The second kappa shape index (κ2) is 11.5. The SMILES string of the molecule is CCCCC(C[SiH](OCC)OCC)SC#N. The number of hydrogen-bond donors (Lipinski definition) is 0. The van der Waals surface area contributed by atoms with E-state index >= 15 is 0 Å². The Balaban J connectivity index is 4.04. The van der Waals surface area contributed by atoms with Crippen LogP contribution < -0.4 is 0 Å². The number of rotatable bonds is 10. The molecule has 3 nitrogen and oxygen atoms in total. The lowest BCUT2D eigenvalue weighted by atomic mass is 10.2. The van der Waals surface area contributed by atoms with Crippen LogP contribution in [0, 0.1) is 10.7 Å². The predicted octanol–water partition coefficient (Wildman–Crippen LogP) is 3.05. The van der Waals surface area contributed by atoms with E-state index in [-0.39, 0.29) is 0 Å². The smallest absolute Gasteiger partial charge is 0.322 e.